The minimum Gasteiger partial charge on any atom is -0.507 e. The van der Waals surface area contributed by atoms with Gasteiger partial charge in [-0.05, 0) is 35.9 Å². The molecule has 0 atom stereocenters. The average molecular weight is 248 g/mol. The van der Waals surface area contributed by atoms with E-state index in [9.17, 15) is 5.11 Å². The Labute approximate surface area is 110 Å². The van der Waals surface area contributed by atoms with Gasteiger partial charge in [0.1, 0.15) is 5.75 Å². The van der Waals surface area contributed by atoms with Gasteiger partial charge < -0.3 is 5.11 Å². The molecule has 2 aromatic carbocycles. The highest BCUT2D eigenvalue weighted by molar-refractivity contribution is 5.84. The lowest BCUT2D eigenvalue weighted by Crippen LogP contribution is -1.90. The third-order valence-electron chi connectivity index (χ3n) is 3.02. The first kappa shape index (κ1) is 11.4. The summed E-state index contributed by atoms with van der Waals surface area (Å²) in [7, 11) is 0. The van der Waals surface area contributed by atoms with Gasteiger partial charge in [0, 0.05) is 10.9 Å². The smallest absolute Gasteiger partial charge is 0.125 e. The van der Waals surface area contributed by atoms with Gasteiger partial charge in [-0.2, -0.15) is 0 Å². The number of rotatable bonds is 2. The fraction of sp³-hybridized carbons (Fsp3) is 0. The average Bonchev–Trinajstić information content (AvgIpc) is 2.46. The largest absolute Gasteiger partial charge is 0.507 e. The Morgan fingerprint density at radius 3 is 2.63 bits per heavy atom. The van der Waals surface area contributed by atoms with Gasteiger partial charge in [0.2, 0.25) is 0 Å². The van der Waals surface area contributed by atoms with Crippen LogP contribution in [-0.2, 0) is 0 Å². The van der Waals surface area contributed by atoms with Gasteiger partial charge >= 0.3 is 0 Å². The van der Waals surface area contributed by atoms with Crippen molar-refractivity contribution in [1.29, 1.82) is 0 Å². The summed E-state index contributed by atoms with van der Waals surface area (Å²) in [4.78, 5) is 0. The number of phenolic OH excluding ortho intramolecular Hbond substituents is 1. The maximum Gasteiger partial charge on any atom is 0.125 e. The summed E-state index contributed by atoms with van der Waals surface area (Å²) < 4.78 is 0. The molecule has 1 heterocycles. The van der Waals surface area contributed by atoms with Crippen LogP contribution < -0.4 is 0 Å². The van der Waals surface area contributed by atoms with E-state index in [1.165, 1.54) is 0 Å². The van der Waals surface area contributed by atoms with E-state index in [0.29, 0.717) is 11.3 Å². The van der Waals surface area contributed by atoms with Crippen molar-refractivity contribution >= 4 is 17.0 Å². The second-order valence-corrected chi connectivity index (χ2v) is 4.27. The van der Waals surface area contributed by atoms with Gasteiger partial charge in [0.05, 0.1) is 11.2 Å². The third kappa shape index (κ3) is 2.06. The number of hydrogen-bond acceptors (Lipinski definition) is 3. The summed E-state index contributed by atoms with van der Waals surface area (Å²) >= 11 is 0. The fourth-order valence-electron chi connectivity index (χ4n) is 2.01. The Hall–Kier alpha value is -2.68. The van der Waals surface area contributed by atoms with Crippen LogP contribution in [0.15, 0.2) is 55.1 Å². The lowest BCUT2D eigenvalue weighted by Gasteiger charge is -2.04. The van der Waals surface area contributed by atoms with Gasteiger partial charge in [-0.15, -0.1) is 10.2 Å². The van der Waals surface area contributed by atoms with E-state index in [2.05, 4.69) is 16.8 Å². The highest BCUT2D eigenvalue weighted by Crippen LogP contribution is 2.28. The molecule has 1 aromatic heterocycles. The van der Waals surface area contributed by atoms with Crippen LogP contribution in [0.2, 0.25) is 0 Å². The first-order valence-electron chi connectivity index (χ1n) is 5.96. The Bertz CT molecular complexity index is 766. The Morgan fingerprint density at radius 1 is 1.00 bits per heavy atom. The molecule has 0 bridgehead atoms. The summed E-state index contributed by atoms with van der Waals surface area (Å²) in [5.74, 6) is 0.205. The van der Waals surface area contributed by atoms with E-state index in [4.69, 9.17) is 0 Å². The summed E-state index contributed by atoms with van der Waals surface area (Å²) in [6.07, 6.45) is 1.79. The summed E-state index contributed by atoms with van der Waals surface area (Å²) in [6, 6.07) is 14.9. The molecule has 0 aliphatic rings. The monoisotopic (exact) mass is 248 g/mol. The number of fused-ring (bicyclic) bond motifs is 1. The van der Waals surface area contributed by atoms with E-state index in [0.717, 1.165) is 16.5 Å². The van der Waals surface area contributed by atoms with E-state index in [1.54, 1.807) is 18.2 Å². The van der Waals surface area contributed by atoms with Crippen molar-refractivity contribution in [3.05, 3.63) is 60.7 Å². The van der Waals surface area contributed by atoms with E-state index in [1.807, 2.05) is 36.4 Å². The predicted octanol–water partition coefficient (Wildman–Crippen LogP) is 3.65. The van der Waals surface area contributed by atoms with Crippen LogP contribution in [0, 0.1) is 0 Å². The maximum absolute atomic E-state index is 9.85. The van der Waals surface area contributed by atoms with E-state index >= 15 is 0 Å². The van der Waals surface area contributed by atoms with Crippen LogP contribution in [0.25, 0.3) is 28.2 Å². The predicted molar refractivity (Wildman–Crippen MR) is 76.7 cm³/mol. The molecule has 0 aliphatic heterocycles. The number of hydrogen-bond donors (Lipinski definition) is 1. The Morgan fingerprint density at radius 2 is 1.84 bits per heavy atom. The van der Waals surface area contributed by atoms with Crippen LogP contribution in [0.4, 0.5) is 0 Å². The van der Waals surface area contributed by atoms with Crippen molar-refractivity contribution in [1.82, 2.24) is 10.2 Å². The van der Waals surface area contributed by atoms with Crippen LogP contribution >= 0.6 is 0 Å². The number of nitrogens with zero attached hydrogens (tertiary/aromatic N) is 2. The van der Waals surface area contributed by atoms with Crippen molar-refractivity contribution in [3.63, 3.8) is 0 Å². The molecular formula is C16H12N2O. The number of phenols is 1. The van der Waals surface area contributed by atoms with Gasteiger partial charge in [-0.1, -0.05) is 30.9 Å². The van der Waals surface area contributed by atoms with Crippen LogP contribution in [-0.4, -0.2) is 15.3 Å². The molecule has 0 fully saturated rings. The molecule has 1 N–H and O–H groups in total. The van der Waals surface area contributed by atoms with Crippen LogP contribution in [0.1, 0.15) is 5.56 Å². The molecule has 19 heavy (non-hydrogen) atoms. The number of benzene rings is 2. The topological polar surface area (TPSA) is 46.0 Å². The maximum atomic E-state index is 9.85. The lowest BCUT2D eigenvalue weighted by atomic mass is 10.1. The summed E-state index contributed by atoms with van der Waals surface area (Å²) in [6.45, 7) is 3.76. The molecule has 0 unspecified atom stereocenters. The molecule has 0 radical (unpaired) electrons. The Balaban J connectivity index is 2.21. The molecule has 3 rings (SSSR count). The second-order valence-electron chi connectivity index (χ2n) is 4.27. The fourth-order valence-corrected chi connectivity index (χ4v) is 2.01. The van der Waals surface area contributed by atoms with Gasteiger partial charge in [0.25, 0.3) is 0 Å². The minimum atomic E-state index is 0.205. The highest BCUT2D eigenvalue weighted by Gasteiger charge is 2.06. The number of para-hydroxylation sites is 1. The molecule has 92 valence electrons. The molecule has 3 nitrogen and oxygen atoms in total. The normalized spacial score (nSPS) is 10.5. The van der Waals surface area contributed by atoms with Crippen molar-refractivity contribution in [3.8, 4) is 17.0 Å². The number of aromatic nitrogens is 2. The Kier molecular flexibility index (Phi) is 2.72. The summed E-state index contributed by atoms with van der Waals surface area (Å²) in [5.41, 5.74) is 3.20. The molecule has 3 heteroatoms. The second kappa shape index (κ2) is 4.53. The third-order valence-corrected chi connectivity index (χ3v) is 3.02. The van der Waals surface area contributed by atoms with E-state index < -0.39 is 0 Å². The molecule has 0 amide bonds. The zero-order valence-electron chi connectivity index (χ0n) is 10.2. The molecule has 0 saturated heterocycles. The van der Waals surface area contributed by atoms with Gasteiger partial charge in [-0.3, -0.25) is 0 Å². The van der Waals surface area contributed by atoms with Crippen LogP contribution in [0.3, 0.4) is 0 Å². The molecule has 0 aliphatic carbocycles. The highest BCUT2D eigenvalue weighted by atomic mass is 16.3. The minimum absolute atomic E-state index is 0.205. The number of aromatic hydroxyl groups is 1. The van der Waals surface area contributed by atoms with Crippen molar-refractivity contribution in [2.24, 2.45) is 0 Å². The van der Waals surface area contributed by atoms with Crippen LogP contribution in [0.5, 0.6) is 5.75 Å². The molecular weight excluding hydrogens is 236 g/mol. The van der Waals surface area contributed by atoms with Gasteiger partial charge in [0.15, 0.2) is 0 Å². The first-order valence-corrected chi connectivity index (χ1v) is 5.96. The zero-order valence-corrected chi connectivity index (χ0v) is 10.2. The molecule has 3 aromatic rings. The quantitative estimate of drug-likeness (QED) is 0.753. The van der Waals surface area contributed by atoms with Crippen molar-refractivity contribution in [2.45, 2.75) is 0 Å². The first-order chi connectivity index (χ1) is 9.28. The van der Waals surface area contributed by atoms with Crippen molar-refractivity contribution in [2.75, 3.05) is 0 Å². The zero-order chi connectivity index (χ0) is 13.2. The van der Waals surface area contributed by atoms with E-state index in [-0.39, 0.29) is 5.75 Å². The summed E-state index contributed by atoms with van der Waals surface area (Å²) in [5, 5.41) is 19.2. The lowest BCUT2D eigenvalue weighted by molar-refractivity contribution is 0.477. The van der Waals surface area contributed by atoms with Crippen molar-refractivity contribution < 1.29 is 5.11 Å². The standard InChI is InChI=1S/C16H12N2O/c1-2-11-7-8-14-12(9-11)10-15(18-17-14)13-5-3-4-6-16(13)19/h2-10,19H,1H2. The van der Waals surface area contributed by atoms with Gasteiger partial charge in [-0.25, -0.2) is 0 Å². The molecule has 0 saturated carbocycles. The molecule has 0 spiro atoms. The SMILES string of the molecule is C=Cc1ccc2nnc(-c3ccccc3O)cc2c1.